The minimum Gasteiger partial charge on any atom is -0.298 e. The van der Waals surface area contributed by atoms with Gasteiger partial charge in [0, 0.05) is 73.5 Å². The summed E-state index contributed by atoms with van der Waals surface area (Å²) in [5.74, 6) is 2.73. The van der Waals surface area contributed by atoms with Gasteiger partial charge in [-0.05, 0) is 171 Å². The monoisotopic (exact) mass is 706 g/mol. The fourth-order valence-electron chi connectivity index (χ4n) is 7.58. The van der Waals surface area contributed by atoms with E-state index >= 15 is 0 Å². The predicted molar refractivity (Wildman–Crippen MR) is 226 cm³/mol. The van der Waals surface area contributed by atoms with Gasteiger partial charge in [0.1, 0.15) is 0 Å². The lowest BCUT2D eigenvalue weighted by Crippen LogP contribution is -2.59. The molecule has 5 nitrogen and oxygen atoms in total. The lowest BCUT2D eigenvalue weighted by Gasteiger charge is -2.52. The SMILES string of the molecule is CC(C)(C)C1CCN(C(C)(C)C)CC1.CC(C)(C)C1CN(C(C)(C)C)C1.CC(C)(C)N1CCN(C(C)(C)C)CC1.C[C@@H]1CCN(C(C)(C)C)C1. The Bertz CT molecular complexity index is 825. The van der Waals surface area contributed by atoms with Gasteiger partial charge in [0.2, 0.25) is 0 Å². The maximum absolute atomic E-state index is 2.62. The zero-order chi connectivity index (χ0) is 39.3. The van der Waals surface area contributed by atoms with Crippen molar-refractivity contribution in [3.05, 3.63) is 0 Å². The Balaban J connectivity index is 0.000000336. The molecule has 0 aromatic rings. The molecule has 0 aromatic heterocycles. The fraction of sp³-hybridized carbons (Fsp3) is 1.00. The Morgan fingerprint density at radius 3 is 0.800 bits per heavy atom. The largest absolute Gasteiger partial charge is 0.298 e. The van der Waals surface area contributed by atoms with Gasteiger partial charge < -0.3 is 0 Å². The van der Waals surface area contributed by atoms with Crippen molar-refractivity contribution < 1.29 is 0 Å². The smallest absolute Gasteiger partial charge is 0.0126 e. The summed E-state index contributed by atoms with van der Waals surface area (Å²) in [6, 6.07) is 0. The molecule has 0 aromatic carbocycles. The van der Waals surface area contributed by atoms with Crippen LogP contribution in [0, 0.1) is 28.6 Å². The molecule has 300 valence electrons. The summed E-state index contributed by atoms with van der Waals surface area (Å²) in [7, 11) is 0. The molecule has 0 saturated carbocycles. The third kappa shape index (κ3) is 16.9. The van der Waals surface area contributed by atoms with Crippen molar-refractivity contribution in [3.63, 3.8) is 0 Å². The summed E-state index contributed by atoms with van der Waals surface area (Å²) in [6.45, 7) is 63.7. The van der Waals surface area contributed by atoms with Gasteiger partial charge in [0.25, 0.3) is 0 Å². The minimum absolute atomic E-state index is 0.337. The van der Waals surface area contributed by atoms with Crippen molar-refractivity contribution in [1.82, 2.24) is 24.5 Å². The zero-order valence-corrected chi connectivity index (χ0v) is 38.7. The van der Waals surface area contributed by atoms with Gasteiger partial charge in [-0.2, -0.15) is 0 Å². The lowest BCUT2D eigenvalue weighted by molar-refractivity contribution is -0.0345. The Labute approximate surface area is 317 Å². The fourth-order valence-corrected chi connectivity index (χ4v) is 7.58. The van der Waals surface area contributed by atoms with Crippen molar-refractivity contribution in [2.75, 3.05) is 65.4 Å². The van der Waals surface area contributed by atoms with Crippen LogP contribution in [0.25, 0.3) is 0 Å². The van der Waals surface area contributed by atoms with Crippen molar-refractivity contribution in [2.45, 2.75) is 199 Å². The average Bonchev–Trinajstić information content (AvgIpc) is 3.32. The second-order valence-electron chi connectivity index (χ2n) is 23.8. The number of hydrogen-bond acceptors (Lipinski definition) is 5. The molecule has 4 heterocycles. The van der Waals surface area contributed by atoms with Crippen LogP contribution in [0.5, 0.6) is 0 Å². The summed E-state index contributed by atoms with van der Waals surface area (Å²) < 4.78 is 0. The maximum Gasteiger partial charge on any atom is 0.0126 e. The van der Waals surface area contributed by atoms with Gasteiger partial charge in [-0.15, -0.1) is 0 Å². The normalized spacial score (nSPS) is 24.0. The van der Waals surface area contributed by atoms with E-state index in [1.54, 1.807) is 0 Å². The summed E-state index contributed by atoms with van der Waals surface area (Å²) in [4.78, 5) is 12.9. The van der Waals surface area contributed by atoms with Crippen LogP contribution in [0.3, 0.4) is 0 Å². The highest BCUT2D eigenvalue weighted by Gasteiger charge is 2.40. The van der Waals surface area contributed by atoms with Gasteiger partial charge in [-0.1, -0.05) is 48.5 Å². The molecule has 50 heavy (non-hydrogen) atoms. The molecule has 0 bridgehead atoms. The van der Waals surface area contributed by atoms with Crippen LogP contribution < -0.4 is 0 Å². The summed E-state index contributed by atoms with van der Waals surface area (Å²) in [6.07, 6.45) is 4.14. The van der Waals surface area contributed by atoms with Crippen LogP contribution in [0.15, 0.2) is 0 Å². The number of hydrogen-bond donors (Lipinski definition) is 0. The second-order valence-corrected chi connectivity index (χ2v) is 23.8. The van der Waals surface area contributed by atoms with Crippen LogP contribution in [0.2, 0.25) is 0 Å². The third-order valence-electron chi connectivity index (χ3n) is 12.3. The lowest BCUT2D eigenvalue weighted by atomic mass is 9.74. The minimum atomic E-state index is 0.337. The number of piperazine rings is 1. The van der Waals surface area contributed by atoms with E-state index in [0.29, 0.717) is 38.5 Å². The standard InChI is InChI=1S/C13H27N.C12H26N2.C11H23N.C9H19N/c1-12(2,3)11-7-9-14(10-8-11)13(4,5)6;1-11(2,3)13-7-9-14(10-8-13)12(4,5)6;1-10(2,3)9-7-12(8-9)11(4,5)6;1-8-5-6-10(7-8)9(2,3)4/h11H,7-10H2,1-6H3;7-10H2,1-6H3;9H,7-8H2,1-6H3;8H,5-7H2,1-4H3/t;;;8-/m...1/s1. The molecule has 4 aliphatic rings. The third-order valence-corrected chi connectivity index (χ3v) is 12.3. The van der Waals surface area contributed by atoms with Crippen molar-refractivity contribution >= 4 is 0 Å². The highest BCUT2D eigenvalue weighted by atomic mass is 15.3. The van der Waals surface area contributed by atoms with Crippen molar-refractivity contribution in [2.24, 2.45) is 28.6 Å². The molecular weight excluding hydrogens is 611 g/mol. The van der Waals surface area contributed by atoms with Crippen LogP contribution in [-0.4, -0.2) is 118 Å². The predicted octanol–water partition coefficient (Wildman–Crippen LogP) is 10.6. The van der Waals surface area contributed by atoms with Crippen LogP contribution in [-0.2, 0) is 0 Å². The van der Waals surface area contributed by atoms with E-state index in [4.69, 9.17) is 0 Å². The van der Waals surface area contributed by atoms with Gasteiger partial charge in [0.15, 0.2) is 0 Å². The molecule has 5 heteroatoms. The van der Waals surface area contributed by atoms with Gasteiger partial charge in [-0.3, -0.25) is 24.5 Å². The van der Waals surface area contributed by atoms with Crippen molar-refractivity contribution in [1.29, 1.82) is 0 Å². The molecule has 4 saturated heterocycles. The van der Waals surface area contributed by atoms with Crippen molar-refractivity contribution in [3.8, 4) is 0 Å². The van der Waals surface area contributed by atoms with E-state index in [0.717, 1.165) is 17.8 Å². The summed E-state index contributed by atoms with van der Waals surface area (Å²) in [5, 5.41) is 0. The molecule has 0 unspecified atom stereocenters. The Morgan fingerprint density at radius 2 is 0.580 bits per heavy atom. The van der Waals surface area contributed by atoms with E-state index in [1.165, 1.54) is 84.7 Å². The van der Waals surface area contributed by atoms with Crippen LogP contribution in [0.1, 0.15) is 172 Å². The molecule has 1 atom stereocenters. The molecular formula is C45H95N5. The second kappa shape index (κ2) is 18.0. The summed E-state index contributed by atoms with van der Waals surface area (Å²) in [5.41, 5.74) is 2.81. The molecule has 0 amide bonds. The maximum atomic E-state index is 2.62. The van der Waals surface area contributed by atoms with E-state index in [9.17, 15) is 0 Å². The Morgan fingerprint density at radius 1 is 0.300 bits per heavy atom. The number of likely N-dealkylation sites (tertiary alicyclic amines) is 3. The van der Waals surface area contributed by atoms with E-state index in [1.807, 2.05) is 0 Å². The first kappa shape index (κ1) is 47.8. The molecule has 4 rings (SSSR count). The number of piperidine rings is 1. The number of nitrogens with zero attached hydrogens (tertiary/aromatic N) is 5. The Kier molecular flexibility index (Phi) is 17.2. The van der Waals surface area contributed by atoms with Crippen LogP contribution >= 0.6 is 0 Å². The Hall–Kier alpha value is -0.200. The highest BCUT2D eigenvalue weighted by Crippen LogP contribution is 2.37. The zero-order valence-electron chi connectivity index (χ0n) is 38.7. The molecule has 4 aliphatic heterocycles. The molecule has 0 N–H and O–H groups in total. The van der Waals surface area contributed by atoms with Gasteiger partial charge in [0.05, 0.1) is 0 Å². The van der Waals surface area contributed by atoms with E-state index in [-0.39, 0.29) is 0 Å². The first-order chi connectivity index (χ1) is 22.1. The molecule has 0 spiro atoms. The van der Waals surface area contributed by atoms with Gasteiger partial charge >= 0.3 is 0 Å². The first-order valence-electron chi connectivity index (χ1n) is 20.9. The highest BCUT2D eigenvalue weighted by molar-refractivity contribution is 4.93. The van der Waals surface area contributed by atoms with Gasteiger partial charge in [-0.25, -0.2) is 0 Å². The summed E-state index contributed by atoms with van der Waals surface area (Å²) >= 11 is 0. The average molecular weight is 706 g/mol. The first-order valence-corrected chi connectivity index (χ1v) is 20.9. The quantitative estimate of drug-likeness (QED) is 0.249. The van der Waals surface area contributed by atoms with Crippen LogP contribution in [0.4, 0.5) is 0 Å². The van der Waals surface area contributed by atoms with E-state index in [2.05, 4.69) is 177 Å². The molecule has 0 aliphatic carbocycles. The topological polar surface area (TPSA) is 16.2 Å². The molecule has 0 radical (unpaired) electrons. The molecule has 4 fully saturated rings. The van der Waals surface area contributed by atoms with E-state index < -0.39 is 0 Å². The number of rotatable bonds is 0.